The van der Waals surface area contributed by atoms with Crippen molar-refractivity contribution in [3.05, 3.63) is 16.1 Å². The molecule has 0 fully saturated rings. The first-order valence-corrected chi connectivity index (χ1v) is 7.92. The fraction of sp³-hybridized carbons (Fsp3) is 0.643. The molecule has 0 spiro atoms. The Kier molecular flexibility index (Phi) is 10.3. The quantitative estimate of drug-likeness (QED) is 0.418. The van der Waals surface area contributed by atoms with E-state index in [-0.39, 0.29) is 36.4 Å². The first kappa shape index (κ1) is 21.1. The highest BCUT2D eigenvalue weighted by molar-refractivity contribution is 14.0. The van der Waals surface area contributed by atoms with Crippen LogP contribution < -0.4 is 5.32 Å². The van der Waals surface area contributed by atoms with Crippen molar-refractivity contribution in [1.29, 1.82) is 0 Å². The molecule has 0 atom stereocenters. The van der Waals surface area contributed by atoms with Gasteiger partial charge in [0.25, 0.3) is 0 Å². The molecule has 1 heterocycles. The number of hydrogen-bond donors (Lipinski definition) is 1. The predicted molar refractivity (Wildman–Crippen MR) is 103 cm³/mol. The summed E-state index contributed by atoms with van der Waals surface area (Å²) in [6.07, 6.45) is 1.00. The fourth-order valence-electron chi connectivity index (χ4n) is 1.63. The van der Waals surface area contributed by atoms with E-state index in [1.165, 1.54) is 0 Å². The lowest BCUT2D eigenvalue weighted by Gasteiger charge is -2.21. The number of halogens is 1. The van der Waals surface area contributed by atoms with Crippen molar-refractivity contribution in [3.63, 3.8) is 0 Å². The minimum Gasteiger partial charge on any atom is -0.356 e. The smallest absolute Gasteiger partial charge is 0.243 e. The summed E-state index contributed by atoms with van der Waals surface area (Å²) in [4.78, 5) is 24.1. The summed E-state index contributed by atoms with van der Waals surface area (Å²) < 4.78 is 0. The highest BCUT2D eigenvalue weighted by atomic mass is 127. The normalized spacial score (nSPS) is 10.9. The van der Waals surface area contributed by atoms with Gasteiger partial charge in [-0.15, -0.1) is 35.3 Å². The SMILES string of the molecule is CCCNC(=NCC(=O)N(C)C)N(C)Cc1csc(C)n1.I. The molecule has 22 heavy (non-hydrogen) atoms. The van der Waals surface area contributed by atoms with Crippen molar-refractivity contribution in [3.8, 4) is 0 Å². The first-order chi connectivity index (χ1) is 9.93. The van der Waals surface area contributed by atoms with Crippen LogP contribution in [0.1, 0.15) is 24.0 Å². The van der Waals surface area contributed by atoms with E-state index in [0.29, 0.717) is 6.54 Å². The van der Waals surface area contributed by atoms with Gasteiger partial charge >= 0.3 is 0 Å². The van der Waals surface area contributed by atoms with Crippen LogP contribution in [0.25, 0.3) is 0 Å². The number of nitrogens with one attached hydrogen (secondary N) is 1. The lowest BCUT2D eigenvalue weighted by atomic mass is 10.4. The molecule has 1 N–H and O–H groups in total. The number of carbonyl (C=O) groups is 1. The maximum Gasteiger partial charge on any atom is 0.243 e. The topological polar surface area (TPSA) is 60.8 Å². The molecule has 1 aromatic rings. The van der Waals surface area contributed by atoms with Gasteiger partial charge in [-0.2, -0.15) is 0 Å². The van der Waals surface area contributed by atoms with Crippen LogP contribution in [-0.2, 0) is 11.3 Å². The number of thiazole rings is 1. The number of rotatable bonds is 6. The number of amides is 1. The standard InChI is InChI=1S/C14H25N5OS.HI/c1-6-7-15-14(16-8-13(20)18(3)4)19(5)9-12-10-21-11(2)17-12;/h10H,6-9H2,1-5H3,(H,15,16);1H. The van der Waals surface area contributed by atoms with Crippen molar-refractivity contribution < 1.29 is 4.79 Å². The molecular formula is C14H26IN5OS. The predicted octanol–water partition coefficient (Wildman–Crippen LogP) is 1.95. The molecule has 0 bridgehead atoms. The Balaban J connectivity index is 0.00000441. The van der Waals surface area contributed by atoms with Gasteiger partial charge < -0.3 is 15.1 Å². The number of aliphatic imine (C=N–C) groups is 1. The number of aryl methyl sites for hydroxylation is 1. The van der Waals surface area contributed by atoms with Gasteiger partial charge in [-0.1, -0.05) is 6.92 Å². The summed E-state index contributed by atoms with van der Waals surface area (Å²) >= 11 is 1.64. The van der Waals surface area contributed by atoms with Crippen LogP contribution in [-0.4, -0.2) is 60.9 Å². The molecular weight excluding hydrogens is 413 g/mol. The molecule has 126 valence electrons. The Bertz CT molecular complexity index is 489. The number of likely N-dealkylation sites (N-methyl/N-ethyl adjacent to an activating group) is 1. The van der Waals surface area contributed by atoms with E-state index in [4.69, 9.17) is 0 Å². The summed E-state index contributed by atoms with van der Waals surface area (Å²) in [5, 5.41) is 6.38. The van der Waals surface area contributed by atoms with Gasteiger partial charge in [0, 0.05) is 33.1 Å². The average Bonchev–Trinajstić information content (AvgIpc) is 2.83. The van der Waals surface area contributed by atoms with Crippen molar-refractivity contribution in [2.24, 2.45) is 4.99 Å². The molecule has 0 radical (unpaired) electrons. The minimum atomic E-state index is -0.0105. The molecule has 0 saturated heterocycles. The van der Waals surface area contributed by atoms with E-state index in [2.05, 4.69) is 22.2 Å². The van der Waals surface area contributed by atoms with Crippen LogP contribution in [0.2, 0.25) is 0 Å². The van der Waals surface area contributed by atoms with E-state index < -0.39 is 0 Å². The Morgan fingerprint density at radius 2 is 2.09 bits per heavy atom. The van der Waals surface area contributed by atoms with Gasteiger partial charge in [0.15, 0.2) is 5.96 Å². The van der Waals surface area contributed by atoms with Crippen LogP contribution >= 0.6 is 35.3 Å². The lowest BCUT2D eigenvalue weighted by Crippen LogP contribution is -2.40. The molecule has 0 aliphatic carbocycles. The van der Waals surface area contributed by atoms with Crippen molar-refractivity contribution in [2.45, 2.75) is 26.8 Å². The number of hydrogen-bond acceptors (Lipinski definition) is 4. The number of guanidine groups is 1. The molecule has 0 aliphatic rings. The Morgan fingerprint density at radius 1 is 1.41 bits per heavy atom. The number of carbonyl (C=O) groups excluding carboxylic acids is 1. The van der Waals surface area contributed by atoms with E-state index >= 15 is 0 Å². The van der Waals surface area contributed by atoms with Crippen molar-refractivity contribution >= 4 is 47.2 Å². The molecule has 0 unspecified atom stereocenters. The summed E-state index contributed by atoms with van der Waals surface area (Å²) in [5.74, 6) is 0.724. The summed E-state index contributed by atoms with van der Waals surface area (Å²) in [6.45, 7) is 5.75. The molecule has 0 aliphatic heterocycles. The van der Waals surface area contributed by atoms with Gasteiger partial charge in [-0.3, -0.25) is 4.79 Å². The van der Waals surface area contributed by atoms with Crippen molar-refractivity contribution in [2.75, 3.05) is 34.2 Å². The van der Waals surface area contributed by atoms with E-state index in [9.17, 15) is 4.79 Å². The summed E-state index contributed by atoms with van der Waals surface area (Å²) in [7, 11) is 5.42. The van der Waals surface area contributed by atoms with Crippen LogP contribution in [0.15, 0.2) is 10.4 Å². The molecule has 0 saturated carbocycles. The zero-order valence-electron chi connectivity index (χ0n) is 13.9. The lowest BCUT2D eigenvalue weighted by molar-refractivity contribution is -0.127. The van der Waals surface area contributed by atoms with Gasteiger partial charge in [-0.05, 0) is 13.3 Å². The first-order valence-electron chi connectivity index (χ1n) is 7.04. The van der Waals surface area contributed by atoms with Gasteiger partial charge in [-0.25, -0.2) is 9.98 Å². The molecule has 1 rings (SSSR count). The second kappa shape index (κ2) is 10.8. The third-order valence-electron chi connectivity index (χ3n) is 2.82. The van der Waals surface area contributed by atoms with Crippen LogP contribution in [0.3, 0.4) is 0 Å². The highest BCUT2D eigenvalue weighted by Gasteiger charge is 2.10. The molecule has 1 amide bonds. The molecule has 0 aromatic carbocycles. The van der Waals surface area contributed by atoms with Gasteiger partial charge in [0.1, 0.15) is 6.54 Å². The minimum absolute atomic E-state index is 0. The summed E-state index contributed by atoms with van der Waals surface area (Å²) in [5.41, 5.74) is 1.02. The van der Waals surface area contributed by atoms with Crippen molar-refractivity contribution in [1.82, 2.24) is 20.1 Å². The highest BCUT2D eigenvalue weighted by Crippen LogP contribution is 2.09. The van der Waals surface area contributed by atoms with E-state index in [0.717, 1.165) is 29.6 Å². The average molecular weight is 439 g/mol. The molecule has 1 aromatic heterocycles. The monoisotopic (exact) mass is 439 g/mol. The maximum atomic E-state index is 11.7. The van der Waals surface area contributed by atoms with E-state index in [1.807, 2.05) is 24.3 Å². The molecule has 8 heteroatoms. The van der Waals surface area contributed by atoms with Crippen LogP contribution in [0.4, 0.5) is 0 Å². The molecule has 6 nitrogen and oxygen atoms in total. The largest absolute Gasteiger partial charge is 0.356 e. The Morgan fingerprint density at radius 3 is 2.59 bits per heavy atom. The van der Waals surface area contributed by atoms with Crippen LogP contribution in [0, 0.1) is 6.92 Å². The fourth-order valence-corrected chi connectivity index (χ4v) is 2.23. The third kappa shape index (κ3) is 7.39. The van der Waals surface area contributed by atoms with Gasteiger partial charge in [0.2, 0.25) is 5.91 Å². The second-order valence-electron chi connectivity index (χ2n) is 5.07. The second-order valence-corrected chi connectivity index (χ2v) is 6.13. The number of aromatic nitrogens is 1. The van der Waals surface area contributed by atoms with Crippen LogP contribution in [0.5, 0.6) is 0 Å². The van der Waals surface area contributed by atoms with Gasteiger partial charge in [0.05, 0.1) is 17.2 Å². The Labute approximate surface area is 154 Å². The number of nitrogens with zero attached hydrogens (tertiary/aromatic N) is 4. The summed E-state index contributed by atoms with van der Waals surface area (Å²) in [6, 6.07) is 0. The maximum absolute atomic E-state index is 11.7. The third-order valence-corrected chi connectivity index (χ3v) is 3.65. The Hall–Kier alpha value is -0.900. The zero-order valence-corrected chi connectivity index (χ0v) is 17.1. The zero-order chi connectivity index (χ0) is 15.8. The van der Waals surface area contributed by atoms with E-state index in [1.54, 1.807) is 30.3 Å².